The number of fused-ring (bicyclic) bond motifs is 1. The van der Waals surface area contributed by atoms with Crippen molar-refractivity contribution in [3.8, 4) is 0 Å². The molecule has 7 nitrogen and oxygen atoms in total. The molecule has 27 heavy (non-hydrogen) atoms. The first-order valence-electron chi connectivity index (χ1n) is 8.23. The van der Waals surface area contributed by atoms with Crippen LogP contribution in [0.5, 0.6) is 0 Å². The molecule has 0 unspecified atom stereocenters. The number of carbonyl (C=O) groups excluding carboxylic acids is 4. The van der Waals surface area contributed by atoms with Gasteiger partial charge in [-0.3, -0.25) is 24.1 Å². The molecule has 0 spiro atoms. The van der Waals surface area contributed by atoms with Crippen LogP contribution in [0.15, 0.2) is 53.0 Å². The number of carbonyl (C=O) groups is 4. The molecule has 4 amide bonds. The average molecular weight is 430 g/mol. The second kappa shape index (κ2) is 8.13. The average Bonchev–Trinajstić information content (AvgIpc) is 2.91. The highest BCUT2D eigenvalue weighted by Crippen LogP contribution is 2.21. The minimum atomic E-state index is -0.479. The van der Waals surface area contributed by atoms with E-state index in [-0.39, 0.29) is 25.5 Å². The SMILES string of the molecule is O=C(CN1C(=O)c2ccccc2C1=O)NCCNC(=O)c1ccccc1Br. The number of halogens is 1. The molecule has 2 aromatic carbocycles. The van der Waals surface area contributed by atoms with Crippen LogP contribution in [0.25, 0.3) is 0 Å². The van der Waals surface area contributed by atoms with Gasteiger partial charge in [-0.15, -0.1) is 0 Å². The molecule has 1 aliphatic heterocycles. The van der Waals surface area contributed by atoms with Crippen molar-refractivity contribution in [3.63, 3.8) is 0 Å². The monoisotopic (exact) mass is 429 g/mol. The molecule has 8 heteroatoms. The number of hydrogen-bond acceptors (Lipinski definition) is 4. The molecule has 0 aromatic heterocycles. The molecule has 0 saturated carbocycles. The van der Waals surface area contributed by atoms with E-state index < -0.39 is 17.7 Å². The van der Waals surface area contributed by atoms with Crippen molar-refractivity contribution in [2.45, 2.75) is 0 Å². The molecule has 138 valence electrons. The predicted octanol–water partition coefficient (Wildman–Crippen LogP) is 1.59. The number of hydrogen-bond donors (Lipinski definition) is 2. The van der Waals surface area contributed by atoms with E-state index in [1.165, 1.54) is 0 Å². The highest BCUT2D eigenvalue weighted by atomic mass is 79.9. The van der Waals surface area contributed by atoms with Gasteiger partial charge in [-0.25, -0.2) is 0 Å². The molecule has 0 bridgehead atoms. The Kier molecular flexibility index (Phi) is 5.66. The Morgan fingerprint density at radius 1 is 0.852 bits per heavy atom. The van der Waals surface area contributed by atoms with E-state index in [0.29, 0.717) is 21.2 Å². The lowest BCUT2D eigenvalue weighted by Gasteiger charge is -2.14. The molecular weight excluding hydrogens is 414 g/mol. The van der Waals surface area contributed by atoms with Gasteiger partial charge in [-0.1, -0.05) is 24.3 Å². The first-order valence-corrected chi connectivity index (χ1v) is 9.03. The van der Waals surface area contributed by atoms with Gasteiger partial charge in [0.1, 0.15) is 6.54 Å². The van der Waals surface area contributed by atoms with Gasteiger partial charge < -0.3 is 10.6 Å². The molecule has 2 aromatic rings. The fourth-order valence-electron chi connectivity index (χ4n) is 2.70. The summed E-state index contributed by atoms with van der Waals surface area (Å²) in [7, 11) is 0. The van der Waals surface area contributed by atoms with Crippen molar-refractivity contribution in [1.82, 2.24) is 15.5 Å². The van der Waals surface area contributed by atoms with Gasteiger partial charge in [0, 0.05) is 17.6 Å². The highest BCUT2D eigenvalue weighted by molar-refractivity contribution is 9.10. The van der Waals surface area contributed by atoms with E-state index in [1.54, 1.807) is 48.5 Å². The maximum Gasteiger partial charge on any atom is 0.262 e. The van der Waals surface area contributed by atoms with E-state index in [0.717, 1.165) is 4.90 Å². The van der Waals surface area contributed by atoms with Crippen LogP contribution >= 0.6 is 15.9 Å². The largest absolute Gasteiger partial charge is 0.353 e. The summed E-state index contributed by atoms with van der Waals surface area (Å²) in [5.74, 6) is -1.70. The van der Waals surface area contributed by atoms with E-state index in [1.807, 2.05) is 0 Å². The Hall–Kier alpha value is -3.00. The maximum atomic E-state index is 12.2. The lowest BCUT2D eigenvalue weighted by Crippen LogP contribution is -2.42. The molecule has 0 saturated heterocycles. The van der Waals surface area contributed by atoms with Crippen molar-refractivity contribution >= 4 is 39.6 Å². The molecular formula is C19H16BrN3O4. The van der Waals surface area contributed by atoms with E-state index in [2.05, 4.69) is 26.6 Å². The smallest absolute Gasteiger partial charge is 0.262 e. The normalized spacial score (nSPS) is 12.7. The molecule has 0 fully saturated rings. The summed E-state index contributed by atoms with van der Waals surface area (Å²) in [6.45, 7) is 0.0384. The Morgan fingerprint density at radius 2 is 1.41 bits per heavy atom. The van der Waals surface area contributed by atoms with Crippen molar-refractivity contribution in [3.05, 3.63) is 69.7 Å². The molecule has 0 atom stereocenters. The van der Waals surface area contributed by atoms with E-state index in [4.69, 9.17) is 0 Å². The van der Waals surface area contributed by atoms with Gasteiger partial charge in [0.25, 0.3) is 17.7 Å². The standard InChI is InChI=1S/C19H16BrN3O4/c20-15-8-4-3-7-14(15)17(25)22-10-9-21-16(24)11-23-18(26)12-5-1-2-6-13(12)19(23)27/h1-8H,9-11H2,(H,21,24)(H,22,25). The van der Waals surface area contributed by atoms with Crippen LogP contribution in [0.1, 0.15) is 31.1 Å². The minimum Gasteiger partial charge on any atom is -0.353 e. The quantitative estimate of drug-likeness (QED) is 0.538. The second-order valence-electron chi connectivity index (χ2n) is 5.83. The third-order valence-corrected chi connectivity index (χ3v) is 4.72. The first kappa shape index (κ1) is 18.8. The summed E-state index contributed by atoms with van der Waals surface area (Å²) in [4.78, 5) is 49.4. The Bertz CT molecular complexity index is 894. The zero-order valence-corrected chi connectivity index (χ0v) is 15.8. The lowest BCUT2D eigenvalue weighted by molar-refractivity contribution is -0.121. The minimum absolute atomic E-state index is 0.179. The first-order chi connectivity index (χ1) is 13.0. The Labute approximate surface area is 163 Å². The van der Waals surface area contributed by atoms with Crippen LogP contribution in [0.3, 0.4) is 0 Å². The van der Waals surface area contributed by atoms with Gasteiger partial charge in [0.05, 0.1) is 16.7 Å². The van der Waals surface area contributed by atoms with Gasteiger partial charge in [0.15, 0.2) is 0 Å². The van der Waals surface area contributed by atoms with Gasteiger partial charge in [-0.05, 0) is 40.2 Å². The number of benzene rings is 2. The van der Waals surface area contributed by atoms with Crippen LogP contribution in [0.4, 0.5) is 0 Å². The van der Waals surface area contributed by atoms with Crippen LogP contribution in [0.2, 0.25) is 0 Å². The summed E-state index contributed by atoms with van der Waals surface area (Å²) >= 11 is 3.30. The zero-order chi connectivity index (χ0) is 19.4. The van der Waals surface area contributed by atoms with Gasteiger partial charge in [-0.2, -0.15) is 0 Å². The fourth-order valence-corrected chi connectivity index (χ4v) is 3.17. The van der Waals surface area contributed by atoms with Crippen molar-refractivity contribution in [1.29, 1.82) is 0 Å². The third kappa shape index (κ3) is 4.06. The van der Waals surface area contributed by atoms with Gasteiger partial charge in [0.2, 0.25) is 5.91 Å². The number of rotatable bonds is 6. The number of imide groups is 1. The number of nitrogens with zero attached hydrogens (tertiary/aromatic N) is 1. The molecule has 0 aliphatic carbocycles. The van der Waals surface area contributed by atoms with Crippen LogP contribution in [-0.2, 0) is 4.79 Å². The lowest BCUT2D eigenvalue weighted by atomic mass is 10.1. The second-order valence-corrected chi connectivity index (χ2v) is 6.68. The van der Waals surface area contributed by atoms with Gasteiger partial charge >= 0.3 is 0 Å². The Balaban J connectivity index is 1.46. The molecule has 2 N–H and O–H groups in total. The van der Waals surface area contributed by atoms with Crippen LogP contribution < -0.4 is 10.6 Å². The number of nitrogens with one attached hydrogen (secondary N) is 2. The van der Waals surface area contributed by atoms with Crippen LogP contribution in [-0.4, -0.2) is 48.2 Å². The summed E-state index contributed by atoms with van der Waals surface area (Å²) in [6, 6.07) is 13.5. The predicted molar refractivity (Wildman–Crippen MR) is 101 cm³/mol. The van der Waals surface area contributed by atoms with Crippen molar-refractivity contribution in [2.75, 3.05) is 19.6 Å². The summed E-state index contributed by atoms with van der Waals surface area (Å²) in [6.07, 6.45) is 0. The molecule has 0 radical (unpaired) electrons. The topological polar surface area (TPSA) is 95.6 Å². The summed E-state index contributed by atoms with van der Waals surface area (Å²) in [5, 5.41) is 5.28. The Morgan fingerprint density at radius 3 is 2.04 bits per heavy atom. The third-order valence-electron chi connectivity index (χ3n) is 4.03. The molecule has 1 aliphatic rings. The fraction of sp³-hybridized carbons (Fsp3) is 0.158. The zero-order valence-electron chi connectivity index (χ0n) is 14.2. The summed E-state index contributed by atoms with van der Waals surface area (Å²) < 4.78 is 0.678. The van der Waals surface area contributed by atoms with Crippen LogP contribution in [0, 0.1) is 0 Å². The van der Waals surface area contributed by atoms with E-state index in [9.17, 15) is 19.2 Å². The van der Waals surface area contributed by atoms with E-state index >= 15 is 0 Å². The maximum absolute atomic E-state index is 12.2. The number of amides is 4. The molecule has 3 rings (SSSR count). The van der Waals surface area contributed by atoms with Crippen molar-refractivity contribution in [2.24, 2.45) is 0 Å². The molecule has 1 heterocycles. The highest BCUT2D eigenvalue weighted by Gasteiger charge is 2.36. The summed E-state index contributed by atoms with van der Waals surface area (Å²) in [5.41, 5.74) is 1.10. The van der Waals surface area contributed by atoms with Crippen molar-refractivity contribution < 1.29 is 19.2 Å².